The number of benzene rings is 2. The van der Waals surface area contributed by atoms with Crippen molar-refractivity contribution in [3.8, 4) is 5.75 Å². The fourth-order valence-corrected chi connectivity index (χ4v) is 5.02. The van der Waals surface area contributed by atoms with Crippen LogP contribution in [0.3, 0.4) is 0 Å². The van der Waals surface area contributed by atoms with Gasteiger partial charge in [-0.05, 0) is 91.5 Å². The van der Waals surface area contributed by atoms with Crippen LogP contribution < -0.4 is 4.74 Å². The number of ether oxygens (including phenoxy) is 2. The smallest absolute Gasteiger partial charge is 0.200 e. The third kappa shape index (κ3) is 8.57. The fourth-order valence-electron chi connectivity index (χ4n) is 5.02. The Morgan fingerprint density at radius 3 is 2.42 bits per heavy atom. The lowest BCUT2D eigenvalue weighted by atomic mass is 9.79. The molecule has 0 spiro atoms. The van der Waals surface area contributed by atoms with E-state index in [1.807, 2.05) is 0 Å². The summed E-state index contributed by atoms with van der Waals surface area (Å²) in [6.07, 6.45) is 12.2. The molecular formula is C32H46F2O2. The van der Waals surface area contributed by atoms with E-state index in [4.69, 9.17) is 9.47 Å². The van der Waals surface area contributed by atoms with Gasteiger partial charge in [-0.3, -0.25) is 0 Å². The van der Waals surface area contributed by atoms with E-state index in [9.17, 15) is 4.39 Å². The minimum Gasteiger partial charge on any atom is -0.490 e. The van der Waals surface area contributed by atoms with Gasteiger partial charge in [-0.2, -0.15) is 4.39 Å². The van der Waals surface area contributed by atoms with Crippen molar-refractivity contribution in [2.24, 2.45) is 5.92 Å². The van der Waals surface area contributed by atoms with Crippen LogP contribution >= 0.6 is 0 Å². The molecule has 1 aliphatic rings. The molecular weight excluding hydrogens is 454 g/mol. The summed E-state index contributed by atoms with van der Waals surface area (Å²) in [6, 6.07) is 10.5. The van der Waals surface area contributed by atoms with Crippen LogP contribution in [0.25, 0.3) is 0 Å². The average molecular weight is 501 g/mol. The van der Waals surface area contributed by atoms with Crippen molar-refractivity contribution >= 4 is 0 Å². The Morgan fingerprint density at radius 1 is 0.917 bits per heavy atom. The first-order valence-electron chi connectivity index (χ1n) is 14.3. The van der Waals surface area contributed by atoms with E-state index in [1.54, 1.807) is 6.07 Å². The summed E-state index contributed by atoms with van der Waals surface area (Å²) < 4.78 is 41.0. The minimum absolute atomic E-state index is 0.0503. The molecule has 0 aromatic heterocycles. The van der Waals surface area contributed by atoms with E-state index in [2.05, 4.69) is 45.0 Å². The third-order valence-electron chi connectivity index (χ3n) is 7.72. The zero-order chi connectivity index (χ0) is 25.8. The molecule has 1 aliphatic carbocycles. The van der Waals surface area contributed by atoms with Gasteiger partial charge in [0.05, 0.1) is 6.61 Å². The first-order chi connectivity index (χ1) is 17.5. The highest BCUT2D eigenvalue weighted by atomic mass is 19.2. The second-order valence-electron chi connectivity index (χ2n) is 10.6. The highest BCUT2D eigenvalue weighted by Gasteiger charge is 2.27. The maximum absolute atomic E-state index is 15.0. The molecule has 0 aliphatic heterocycles. The maximum Gasteiger partial charge on any atom is 0.200 e. The van der Waals surface area contributed by atoms with Crippen LogP contribution in [-0.4, -0.2) is 19.8 Å². The average Bonchev–Trinajstić information content (AvgIpc) is 2.90. The molecule has 0 amide bonds. The van der Waals surface area contributed by atoms with Gasteiger partial charge >= 0.3 is 0 Å². The van der Waals surface area contributed by atoms with Gasteiger partial charge in [0.25, 0.3) is 0 Å². The van der Waals surface area contributed by atoms with Gasteiger partial charge in [0.1, 0.15) is 0 Å². The Labute approximate surface area is 217 Å². The third-order valence-corrected chi connectivity index (χ3v) is 7.72. The Hall–Kier alpha value is -1.94. The van der Waals surface area contributed by atoms with Gasteiger partial charge in [-0.1, -0.05) is 70.7 Å². The Bertz CT molecular complexity index is 909. The first kappa shape index (κ1) is 28.6. The zero-order valence-electron chi connectivity index (χ0n) is 22.7. The maximum atomic E-state index is 15.0. The lowest BCUT2D eigenvalue weighted by Gasteiger charge is -2.26. The molecule has 4 heteroatoms. The van der Waals surface area contributed by atoms with E-state index in [-0.39, 0.29) is 11.7 Å². The highest BCUT2D eigenvalue weighted by Crippen LogP contribution is 2.37. The molecule has 0 saturated heterocycles. The van der Waals surface area contributed by atoms with E-state index >= 15 is 4.39 Å². The summed E-state index contributed by atoms with van der Waals surface area (Å²) in [5.74, 6) is -0.483. The van der Waals surface area contributed by atoms with Gasteiger partial charge in [-0.25, -0.2) is 4.39 Å². The van der Waals surface area contributed by atoms with Crippen LogP contribution in [-0.2, 0) is 24.0 Å². The van der Waals surface area contributed by atoms with Crippen molar-refractivity contribution in [2.45, 2.75) is 104 Å². The number of rotatable bonds is 16. The van der Waals surface area contributed by atoms with Gasteiger partial charge in [-0.15, -0.1) is 0 Å². The number of halogens is 2. The van der Waals surface area contributed by atoms with Crippen LogP contribution in [0.5, 0.6) is 5.75 Å². The van der Waals surface area contributed by atoms with Crippen molar-refractivity contribution in [1.82, 2.24) is 0 Å². The molecule has 36 heavy (non-hydrogen) atoms. The van der Waals surface area contributed by atoms with Gasteiger partial charge in [0.2, 0.25) is 5.82 Å². The molecule has 0 saturated carbocycles. The summed E-state index contributed by atoms with van der Waals surface area (Å²) in [5.41, 5.74) is 4.01. The van der Waals surface area contributed by atoms with Crippen molar-refractivity contribution < 1.29 is 18.3 Å². The fraction of sp³-hybridized carbons (Fsp3) is 0.625. The molecule has 0 bridgehead atoms. The van der Waals surface area contributed by atoms with Crippen LogP contribution in [0, 0.1) is 17.6 Å². The molecule has 2 nitrogen and oxygen atoms in total. The molecule has 2 atom stereocenters. The van der Waals surface area contributed by atoms with Crippen molar-refractivity contribution in [2.75, 3.05) is 19.8 Å². The molecule has 2 aromatic carbocycles. The summed E-state index contributed by atoms with van der Waals surface area (Å²) in [4.78, 5) is 0. The zero-order valence-corrected chi connectivity index (χ0v) is 22.7. The molecule has 0 fully saturated rings. The van der Waals surface area contributed by atoms with Gasteiger partial charge < -0.3 is 9.47 Å². The minimum atomic E-state index is -0.846. The molecule has 2 unspecified atom stereocenters. The monoisotopic (exact) mass is 500 g/mol. The molecule has 3 rings (SSSR count). The summed E-state index contributed by atoms with van der Waals surface area (Å²) in [7, 11) is 0. The quantitative estimate of drug-likeness (QED) is 0.214. The summed E-state index contributed by atoms with van der Waals surface area (Å²) in [5, 5.41) is 0. The Kier molecular flexibility index (Phi) is 12.2. The Balaban J connectivity index is 1.50. The second kappa shape index (κ2) is 15.3. The number of hydrogen-bond acceptors (Lipinski definition) is 2. The predicted molar refractivity (Wildman–Crippen MR) is 145 cm³/mol. The van der Waals surface area contributed by atoms with E-state index in [0.717, 1.165) is 63.0 Å². The molecule has 0 N–H and O–H groups in total. The van der Waals surface area contributed by atoms with Crippen LogP contribution in [0.4, 0.5) is 8.78 Å². The molecule has 0 heterocycles. The lowest BCUT2D eigenvalue weighted by molar-refractivity contribution is 0.123. The summed E-state index contributed by atoms with van der Waals surface area (Å²) >= 11 is 0. The molecule has 200 valence electrons. The van der Waals surface area contributed by atoms with Crippen LogP contribution in [0.15, 0.2) is 30.3 Å². The first-order valence-corrected chi connectivity index (χ1v) is 14.3. The number of hydrogen-bond donors (Lipinski definition) is 0. The predicted octanol–water partition coefficient (Wildman–Crippen LogP) is 8.97. The SMILES string of the molecule is CCCCOCCCCOc1cc2c(c(F)c1F)CC(c1ccc(CCCCC(C)CC)cc1)CC2. The van der Waals surface area contributed by atoms with Crippen molar-refractivity contribution in [1.29, 1.82) is 0 Å². The van der Waals surface area contributed by atoms with E-state index < -0.39 is 11.6 Å². The topological polar surface area (TPSA) is 18.5 Å². The Morgan fingerprint density at radius 2 is 1.67 bits per heavy atom. The molecule has 2 aromatic rings. The summed E-state index contributed by atoms with van der Waals surface area (Å²) in [6.45, 7) is 8.56. The van der Waals surface area contributed by atoms with Crippen LogP contribution in [0.1, 0.15) is 107 Å². The van der Waals surface area contributed by atoms with Crippen molar-refractivity contribution in [3.63, 3.8) is 0 Å². The van der Waals surface area contributed by atoms with Crippen LogP contribution in [0.2, 0.25) is 0 Å². The second-order valence-corrected chi connectivity index (χ2v) is 10.6. The van der Waals surface area contributed by atoms with Gasteiger partial charge in [0, 0.05) is 13.2 Å². The molecule has 0 radical (unpaired) electrons. The highest BCUT2D eigenvalue weighted by molar-refractivity contribution is 5.42. The van der Waals surface area contributed by atoms with Crippen molar-refractivity contribution in [3.05, 3.63) is 64.2 Å². The number of unbranched alkanes of at least 4 members (excludes halogenated alkanes) is 3. The lowest BCUT2D eigenvalue weighted by Crippen LogP contribution is -2.16. The van der Waals surface area contributed by atoms with Gasteiger partial charge in [0.15, 0.2) is 11.6 Å². The van der Waals surface area contributed by atoms with E-state index in [1.165, 1.54) is 36.8 Å². The number of fused-ring (bicyclic) bond motifs is 1. The standard InChI is InChI=1S/C32H46F2O2/c1-4-6-19-35-20-9-10-21-36-30-23-28-18-17-27(22-29(28)31(33)32(30)34)26-15-13-25(14-16-26)12-8-7-11-24(3)5-2/h13-16,23-24,27H,4-12,17-22H2,1-3H3. The number of aryl methyl sites for hydroxylation is 2. The normalized spacial score (nSPS) is 16.1. The largest absolute Gasteiger partial charge is 0.490 e. The van der Waals surface area contributed by atoms with E-state index in [0.29, 0.717) is 25.2 Å².